The molecule has 0 atom stereocenters. The number of nitrogens with one attached hydrogen (secondary N) is 1. The minimum atomic E-state index is -0.284. The Labute approximate surface area is 151 Å². The average Bonchev–Trinajstić information content (AvgIpc) is 3.01. The molecule has 4 rings (SSSR count). The molecule has 0 aliphatic carbocycles. The topological polar surface area (TPSA) is 60.5 Å². The van der Waals surface area contributed by atoms with Crippen molar-refractivity contribution in [2.45, 2.75) is 0 Å². The van der Waals surface area contributed by atoms with Crippen molar-refractivity contribution in [2.24, 2.45) is 0 Å². The largest absolute Gasteiger partial charge is 0.486 e. The summed E-state index contributed by atoms with van der Waals surface area (Å²) in [7, 11) is 0. The molecule has 8 heteroatoms. The Hall–Kier alpha value is -2.02. The first kappa shape index (κ1) is 15.5. The van der Waals surface area contributed by atoms with Gasteiger partial charge in [0, 0.05) is 5.56 Å². The number of hydrogen-bond donors (Lipinski definition) is 1. The molecule has 1 aliphatic rings. The van der Waals surface area contributed by atoms with Crippen molar-refractivity contribution in [1.29, 1.82) is 0 Å². The molecule has 24 heavy (non-hydrogen) atoms. The van der Waals surface area contributed by atoms with Crippen molar-refractivity contribution in [2.75, 3.05) is 18.5 Å². The van der Waals surface area contributed by atoms with Gasteiger partial charge in [-0.15, -0.1) is 0 Å². The van der Waals surface area contributed by atoms with E-state index in [0.717, 1.165) is 4.70 Å². The summed E-state index contributed by atoms with van der Waals surface area (Å²) in [4.78, 5) is 16.8. The fraction of sp³-hybridized carbons (Fsp3) is 0.125. The maximum absolute atomic E-state index is 12.4. The molecule has 0 radical (unpaired) electrons. The number of carbonyl (C=O) groups is 1. The molecule has 2 heterocycles. The molecule has 0 unspecified atom stereocenters. The van der Waals surface area contributed by atoms with Gasteiger partial charge >= 0.3 is 0 Å². The number of amides is 1. The van der Waals surface area contributed by atoms with Gasteiger partial charge in [0.15, 0.2) is 16.6 Å². The number of hydrogen-bond acceptors (Lipinski definition) is 5. The van der Waals surface area contributed by atoms with Crippen LogP contribution in [0.2, 0.25) is 10.0 Å². The monoisotopic (exact) mass is 380 g/mol. The van der Waals surface area contributed by atoms with Crippen LogP contribution in [0, 0.1) is 0 Å². The van der Waals surface area contributed by atoms with E-state index in [4.69, 9.17) is 32.7 Å². The average molecular weight is 381 g/mol. The quantitative estimate of drug-likeness (QED) is 0.703. The summed E-state index contributed by atoms with van der Waals surface area (Å²) < 4.78 is 11.8. The first-order valence-electron chi connectivity index (χ1n) is 7.07. The lowest BCUT2D eigenvalue weighted by molar-refractivity contribution is 0.102. The van der Waals surface area contributed by atoms with Crippen LogP contribution in [-0.2, 0) is 0 Å². The lowest BCUT2D eigenvalue weighted by Crippen LogP contribution is -2.17. The summed E-state index contributed by atoms with van der Waals surface area (Å²) in [6.07, 6.45) is 0. The molecule has 5 nitrogen and oxygen atoms in total. The lowest BCUT2D eigenvalue weighted by Gasteiger charge is -2.18. The minimum Gasteiger partial charge on any atom is -0.486 e. The Balaban J connectivity index is 1.61. The van der Waals surface area contributed by atoms with Gasteiger partial charge in [-0.2, -0.15) is 0 Å². The van der Waals surface area contributed by atoms with Gasteiger partial charge in [0.25, 0.3) is 5.91 Å². The summed E-state index contributed by atoms with van der Waals surface area (Å²) >= 11 is 13.5. The molecule has 1 amide bonds. The SMILES string of the molecule is O=C(Nc1nc2c(Cl)c(Cl)ccc2s1)c1ccc2c(c1)OCCO2. The van der Waals surface area contributed by atoms with Crippen molar-refractivity contribution in [3.63, 3.8) is 0 Å². The second-order valence-electron chi connectivity index (χ2n) is 5.04. The van der Waals surface area contributed by atoms with Crippen LogP contribution in [0.25, 0.3) is 10.2 Å². The Morgan fingerprint density at radius 3 is 2.75 bits per heavy atom. The smallest absolute Gasteiger partial charge is 0.257 e. The zero-order valence-electron chi connectivity index (χ0n) is 12.1. The normalized spacial score (nSPS) is 13.1. The van der Waals surface area contributed by atoms with Gasteiger partial charge in [-0.3, -0.25) is 10.1 Å². The molecule has 0 fully saturated rings. The molecule has 0 spiro atoms. The number of ether oxygens (including phenoxy) is 2. The maximum atomic E-state index is 12.4. The van der Waals surface area contributed by atoms with E-state index in [2.05, 4.69) is 10.3 Å². The molecule has 122 valence electrons. The van der Waals surface area contributed by atoms with Crippen molar-refractivity contribution in [1.82, 2.24) is 4.98 Å². The number of halogens is 2. The zero-order valence-corrected chi connectivity index (χ0v) is 14.5. The van der Waals surface area contributed by atoms with Gasteiger partial charge in [-0.25, -0.2) is 4.98 Å². The van der Waals surface area contributed by atoms with Crippen molar-refractivity contribution >= 4 is 55.8 Å². The molecule has 1 N–H and O–H groups in total. The number of benzene rings is 2. The summed E-state index contributed by atoms with van der Waals surface area (Å²) in [6.45, 7) is 0.975. The Kier molecular flexibility index (Phi) is 3.96. The predicted molar refractivity (Wildman–Crippen MR) is 95.0 cm³/mol. The lowest BCUT2D eigenvalue weighted by atomic mass is 10.2. The van der Waals surface area contributed by atoms with Crippen LogP contribution in [0.1, 0.15) is 10.4 Å². The van der Waals surface area contributed by atoms with Gasteiger partial charge in [0.1, 0.15) is 18.7 Å². The van der Waals surface area contributed by atoms with Gasteiger partial charge in [-0.1, -0.05) is 34.5 Å². The van der Waals surface area contributed by atoms with E-state index in [-0.39, 0.29) is 5.91 Å². The zero-order chi connectivity index (χ0) is 16.7. The predicted octanol–water partition coefficient (Wildman–Crippen LogP) is 4.63. The molecule has 2 aromatic carbocycles. The molecular formula is C16H10Cl2N2O3S. The molecule has 0 bridgehead atoms. The summed E-state index contributed by atoms with van der Waals surface area (Å²) in [6, 6.07) is 8.58. The summed E-state index contributed by atoms with van der Waals surface area (Å²) in [5.74, 6) is 0.917. The minimum absolute atomic E-state index is 0.284. The van der Waals surface area contributed by atoms with E-state index < -0.39 is 0 Å². The van der Waals surface area contributed by atoms with Crippen LogP contribution in [0.5, 0.6) is 11.5 Å². The highest BCUT2D eigenvalue weighted by Crippen LogP contribution is 2.36. The highest BCUT2D eigenvalue weighted by Gasteiger charge is 2.17. The standard InChI is InChI=1S/C16H10Cl2N2O3S/c17-9-2-4-12-14(13(9)18)19-16(24-12)20-15(21)8-1-3-10-11(7-8)23-6-5-22-10/h1-4,7H,5-6H2,(H,19,20,21). The number of thiazole rings is 1. The molecule has 0 saturated carbocycles. The number of nitrogens with zero attached hydrogens (tertiary/aromatic N) is 1. The fourth-order valence-electron chi connectivity index (χ4n) is 2.34. The molecule has 1 aromatic heterocycles. The molecule has 3 aromatic rings. The second kappa shape index (κ2) is 6.12. The van der Waals surface area contributed by atoms with E-state index >= 15 is 0 Å². The second-order valence-corrected chi connectivity index (χ2v) is 6.86. The molecular weight excluding hydrogens is 371 g/mol. The maximum Gasteiger partial charge on any atom is 0.257 e. The van der Waals surface area contributed by atoms with Crippen molar-refractivity contribution in [3.8, 4) is 11.5 Å². The third kappa shape index (κ3) is 2.77. The Morgan fingerprint density at radius 2 is 1.92 bits per heavy atom. The third-order valence-corrected chi connectivity index (χ3v) is 5.21. The molecule has 0 saturated heterocycles. The van der Waals surface area contributed by atoms with Gasteiger partial charge in [0.2, 0.25) is 0 Å². The Bertz CT molecular complexity index is 958. The van der Waals surface area contributed by atoms with Gasteiger partial charge in [-0.05, 0) is 30.3 Å². The first-order chi connectivity index (χ1) is 11.6. The summed E-state index contributed by atoms with van der Waals surface area (Å²) in [5, 5.41) is 4.03. The van der Waals surface area contributed by atoms with Crippen LogP contribution >= 0.6 is 34.5 Å². The number of rotatable bonds is 2. The van der Waals surface area contributed by atoms with Crippen LogP contribution in [0.15, 0.2) is 30.3 Å². The fourth-order valence-corrected chi connectivity index (χ4v) is 3.63. The number of anilines is 1. The van der Waals surface area contributed by atoms with E-state index in [0.29, 0.717) is 51.0 Å². The molecule has 1 aliphatic heterocycles. The third-order valence-electron chi connectivity index (χ3n) is 3.48. The summed E-state index contributed by atoms with van der Waals surface area (Å²) in [5.41, 5.74) is 1.04. The van der Waals surface area contributed by atoms with Gasteiger partial charge in [0.05, 0.1) is 14.7 Å². The number of carbonyl (C=O) groups excluding carboxylic acids is 1. The van der Waals surface area contributed by atoms with E-state index in [1.807, 2.05) is 6.07 Å². The van der Waals surface area contributed by atoms with Crippen LogP contribution in [0.3, 0.4) is 0 Å². The highest BCUT2D eigenvalue weighted by atomic mass is 35.5. The van der Waals surface area contributed by atoms with Crippen molar-refractivity contribution < 1.29 is 14.3 Å². The van der Waals surface area contributed by atoms with Crippen LogP contribution < -0.4 is 14.8 Å². The van der Waals surface area contributed by atoms with Gasteiger partial charge < -0.3 is 9.47 Å². The van der Waals surface area contributed by atoms with E-state index in [1.165, 1.54) is 11.3 Å². The van der Waals surface area contributed by atoms with E-state index in [1.54, 1.807) is 24.3 Å². The van der Waals surface area contributed by atoms with E-state index in [9.17, 15) is 4.79 Å². The van der Waals surface area contributed by atoms with Crippen molar-refractivity contribution in [3.05, 3.63) is 45.9 Å². The highest BCUT2D eigenvalue weighted by molar-refractivity contribution is 7.22. The van der Waals surface area contributed by atoms with Crippen LogP contribution in [0.4, 0.5) is 5.13 Å². The van der Waals surface area contributed by atoms with Crippen LogP contribution in [-0.4, -0.2) is 24.1 Å². The first-order valence-corrected chi connectivity index (χ1v) is 8.64. The number of aromatic nitrogens is 1. The Morgan fingerprint density at radius 1 is 1.12 bits per heavy atom. The number of fused-ring (bicyclic) bond motifs is 2.